The Morgan fingerprint density at radius 1 is 1.00 bits per heavy atom. The fourth-order valence-electron chi connectivity index (χ4n) is 5.94. The maximum absolute atomic E-state index is 13.8. The summed E-state index contributed by atoms with van der Waals surface area (Å²) in [7, 11) is 1.68. The van der Waals surface area contributed by atoms with Crippen molar-refractivity contribution in [3.05, 3.63) is 29.3 Å². The Balaban J connectivity index is 1.32. The molecule has 2 aliphatic carbocycles. The highest BCUT2D eigenvalue weighted by Crippen LogP contribution is 2.45. The van der Waals surface area contributed by atoms with Gasteiger partial charge in [-0.1, -0.05) is 27.7 Å². The zero-order chi connectivity index (χ0) is 26.4. The maximum atomic E-state index is 13.8. The van der Waals surface area contributed by atoms with Crippen LogP contribution >= 0.6 is 0 Å². The molecule has 3 aliphatic rings. The van der Waals surface area contributed by atoms with Crippen LogP contribution in [0.2, 0.25) is 0 Å². The molecule has 0 aromatic heterocycles. The summed E-state index contributed by atoms with van der Waals surface area (Å²) < 4.78 is 16.2. The van der Waals surface area contributed by atoms with E-state index in [1.807, 2.05) is 0 Å². The molecule has 7 nitrogen and oxygen atoms in total. The Morgan fingerprint density at radius 3 is 2.32 bits per heavy atom. The number of carbonyl (C=O) groups is 1. The first-order chi connectivity index (χ1) is 17.9. The van der Waals surface area contributed by atoms with Crippen LogP contribution in [0.1, 0.15) is 56.5 Å². The van der Waals surface area contributed by atoms with Crippen LogP contribution < -0.4 is 4.90 Å². The highest BCUT2D eigenvalue weighted by Gasteiger charge is 2.47. The van der Waals surface area contributed by atoms with E-state index >= 15 is 0 Å². The van der Waals surface area contributed by atoms with Gasteiger partial charge >= 0.3 is 0 Å². The number of likely N-dealkylation sites (N-methyl/N-ethyl adjacent to an activating group) is 1. The molecule has 1 aliphatic heterocycles. The lowest BCUT2D eigenvalue weighted by molar-refractivity contribution is 0.0192. The third-order valence-electron chi connectivity index (χ3n) is 8.93. The van der Waals surface area contributed by atoms with Gasteiger partial charge in [-0.3, -0.25) is 14.6 Å². The molecule has 1 aromatic rings. The van der Waals surface area contributed by atoms with Crippen molar-refractivity contribution in [3.8, 4) is 0 Å². The molecule has 1 aromatic carbocycles. The highest BCUT2D eigenvalue weighted by molar-refractivity contribution is 6.03. The number of fused-ring (bicyclic) bond motifs is 1. The minimum Gasteiger partial charge on any atom is -0.382 e. The molecule has 1 heterocycles. The number of rotatable bonds is 14. The molecule has 7 heteroatoms. The predicted molar refractivity (Wildman–Crippen MR) is 149 cm³/mol. The zero-order valence-electron chi connectivity index (χ0n) is 23.8. The lowest BCUT2D eigenvalue weighted by Crippen LogP contribution is -2.55. The van der Waals surface area contributed by atoms with Crippen molar-refractivity contribution < 1.29 is 19.0 Å². The maximum Gasteiger partial charge on any atom is 0.180 e. The third kappa shape index (κ3) is 6.93. The number of nitrogens with zero attached hydrogens (tertiary/aromatic N) is 3. The van der Waals surface area contributed by atoms with E-state index in [4.69, 9.17) is 14.2 Å². The number of piperazine rings is 1. The monoisotopic (exact) mass is 515 g/mol. The normalized spacial score (nSPS) is 24.1. The van der Waals surface area contributed by atoms with Crippen molar-refractivity contribution in [3.63, 3.8) is 0 Å². The SMILES string of the molecule is CCN(CC1CC1)C1C(=O)c2ccc(N3CCN(CCOCCOCCOC)CC3)cc2C(C)(C)[C@H]1C. The number of methoxy groups -OCH3 is 1. The average Bonchev–Trinajstić information content (AvgIpc) is 3.73. The minimum atomic E-state index is -0.0483. The number of benzene rings is 1. The number of ketones is 1. The third-order valence-corrected chi connectivity index (χ3v) is 8.93. The van der Waals surface area contributed by atoms with Crippen LogP contribution in [0.4, 0.5) is 5.69 Å². The number of hydrogen-bond donors (Lipinski definition) is 0. The summed E-state index contributed by atoms with van der Waals surface area (Å²) in [5.41, 5.74) is 3.37. The van der Waals surface area contributed by atoms with Gasteiger partial charge in [0.05, 0.1) is 39.1 Å². The van der Waals surface area contributed by atoms with Crippen LogP contribution in [0.15, 0.2) is 18.2 Å². The van der Waals surface area contributed by atoms with Gasteiger partial charge in [-0.15, -0.1) is 0 Å². The molecule has 37 heavy (non-hydrogen) atoms. The number of hydrogen-bond acceptors (Lipinski definition) is 7. The molecule has 2 atom stereocenters. The second kappa shape index (κ2) is 13.0. The van der Waals surface area contributed by atoms with Crippen LogP contribution in [0.5, 0.6) is 0 Å². The lowest BCUT2D eigenvalue weighted by Gasteiger charge is -2.47. The average molecular weight is 516 g/mol. The molecule has 0 amide bonds. The van der Waals surface area contributed by atoms with Gasteiger partial charge in [-0.2, -0.15) is 0 Å². The number of ether oxygens (including phenoxy) is 3. The molecule has 1 unspecified atom stereocenters. The standard InChI is InChI=1S/C30H49N3O4/c1-6-32(22-24-7-8-24)28-23(2)30(3,4)27-21-25(9-10-26(27)29(28)34)33-13-11-31(12-14-33)15-16-36-19-20-37-18-17-35-5/h9-10,21,23-24,28H,6-8,11-20,22H2,1-5H3/t23-,28?/m0/s1. The first-order valence-corrected chi connectivity index (χ1v) is 14.4. The van der Waals surface area contributed by atoms with Gasteiger partial charge in [0.1, 0.15) is 0 Å². The van der Waals surface area contributed by atoms with Gasteiger partial charge in [0, 0.05) is 57.6 Å². The summed E-state index contributed by atoms with van der Waals surface area (Å²) in [6.07, 6.45) is 2.64. The van der Waals surface area contributed by atoms with Crippen molar-refractivity contribution in [2.24, 2.45) is 11.8 Å². The minimum absolute atomic E-state index is 0.0124. The number of Topliss-reactive ketones (excluding diaryl/α,β-unsaturated/α-hetero) is 1. The molecule has 0 spiro atoms. The predicted octanol–water partition coefficient (Wildman–Crippen LogP) is 3.70. The molecule has 2 fully saturated rings. The zero-order valence-corrected chi connectivity index (χ0v) is 23.8. The lowest BCUT2D eigenvalue weighted by atomic mass is 9.63. The summed E-state index contributed by atoms with van der Waals surface area (Å²) in [6, 6.07) is 6.61. The van der Waals surface area contributed by atoms with E-state index in [-0.39, 0.29) is 17.4 Å². The van der Waals surface area contributed by atoms with Gasteiger partial charge in [0.2, 0.25) is 0 Å². The highest BCUT2D eigenvalue weighted by atomic mass is 16.5. The van der Waals surface area contributed by atoms with Gasteiger partial charge in [0.15, 0.2) is 5.78 Å². The molecule has 0 bridgehead atoms. The fourth-order valence-corrected chi connectivity index (χ4v) is 5.94. The summed E-state index contributed by atoms with van der Waals surface area (Å²) in [6.45, 7) is 19.4. The van der Waals surface area contributed by atoms with E-state index in [2.05, 4.69) is 60.6 Å². The summed E-state index contributed by atoms with van der Waals surface area (Å²) >= 11 is 0. The van der Waals surface area contributed by atoms with E-state index in [1.54, 1.807) is 7.11 Å². The van der Waals surface area contributed by atoms with Crippen LogP contribution in [0, 0.1) is 11.8 Å². The van der Waals surface area contributed by atoms with Crippen LogP contribution in [0.25, 0.3) is 0 Å². The topological polar surface area (TPSA) is 54.5 Å². The molecule has 4 rings (SSSR count). The van der Waals surface area contributed by atoms with Gasteiger partial charge in [0.25, 0.3) is 0 Å². The van der Waals surface area contributed by atoms with E-state index in [9.17, 15) is 4.79 Å². The summed E-state index contributed by atoms with van der Waals surface area (Å²) in [5.74, 6) is 1.39. The molecule has 1 saturated carbocycles. The fraction of sp³-hybridized carbons (Fsp3) is 0.767. The molecule has 0 N–H and O–H groups in total. The van der Waals surface area contributed by atoms with Crippen LogP contribution in [-0.4, -0.2) is 108 Å². The van der Waals surface area contributed by atoms with Crippen molar-refractivity contribution in [1.82, 2.24) is 9.80 Å². The van der Waals surface area contributed by atoms with E-state index in [0.29, 0.717) is 32.2 Å². The quantitative estimate of drug-likeness (QED) is 0.350. The second-order valence-corrected chi connectivity index (χ2v) is 11.6. The van der Waals surface area contributed by atoms with Crippen molar-refractivity contribution in [2.45, 2.75) is 52.0 Å². The molecular weight excluding hydrogens is 466 g/mol. The van der Waals surface area contributed by atoms with Crippen molar-refractivity contribution >= 4 is 11.5 Å². The Labute approximate surface area is 224 Å². The van der Waals surface area contributed by atoms with E-state index in [1.165, 1.54) is 24.1 Å². The van der Waals surface area contributed by atoms with Crippen molar-refractivity contribution in [1.29, 1.82) is 0 Å². The summed E-state index contributed by atoms with van der Waals surface area (Å²) in [4.78, 5) is 21.2. The smallest absolute Gasteiger partial charge is 0.180 e. The first kappa shape index (κ1) is 28.5. The van der Waals surface area contributed by atoms with Gasteiger partial charge < -0.3 is 19.1 Å². The second-order valence-electron chi connectivity index (χ2n) is 11.6. The number of carbonyl (C=O) groups excluding carboxylic acids is 1. The molecule has 0 radical (unpaired) electrons. The largest absolute Gasteiger partial charge is 0.382 e. The van der Waals surface area contributed by atoms with Gasteiger partial charge in [-0.05, 0) is 60.4 Å². The molecule has 1 saturated heterocycles. The van der Waals surface area contributed by atoms with E-state index in [0.717, 1.165) is 63.9 Å². The first-order valence-electron chi connectivity index (χ1n) is 14.4. The van der Waals surface area contributed by atoms with Crippen LogP contribution in [0.3, 0.4) is 0 Å². The summed E-state index contributed by atoms with van der Waals surface area (Å²) in [5, 5.41) is 0. The number of anilines is 1. The van der Waals surface area contributed by atoms with Gasteiger partial charge in [-0.25, -0.2) is 0 Å². The Hall–Kier alpha value is -1.51. The molecule has 208 valence electrons. The molecular formula is C30H49N3O4. The van der Waals surface area contributed by atoms with E-state index < -0.39 is 0 Å². The van der Waals surface area contributed by atoms with Crippen molar-refractivity contribution in [2.75, 3.05) is 90.9 Å². The van der Waals surface area contributed by atoms with Crippen LogP contribution in [-0.2, 0) is 19.6 Å². The Bertz CT molecular complexity index is 880. The Morgan fingerprint density at radius 2 is 1.68 bits per heavy atom. The Kier molecular flexibility index (Phi) is 10.0.